The van der Waals surface area contributed by atoms with Crippen LogP contribution in [0.25, 0.3) is 0 Å². The molecule has 0 spiro atoms. The fourth-order valence-corrected chi connectivity index (χ4v) is 2.32. The third kappa shape index (κ3) is 5.42. The first-order valence-corrected chi connectivity index (χ1v) is 7.20. The Labute approximate surface area is 128 Å². The van der Waals surface area contributed by atoms with Crippen LogP contribution in [-0.2, 0) is 11.2 Å². The first-order valence-electron chi connectivity index (χ1n) is 7.20. The van der Waals surface area contributed by atoms with Crippen LogP contribution in [0.3, 0.4) is 0 Å². The van der Waals surface area contributed by atoms with Gasteiger partial charge in [0.2, 0.25) is 0 Å². The minimum absolute atomic E-state index is 0.270. The number of nitrogens with two attached hydrogens (primary N) is 1. The molecule has 0 radical (unpaired) electrons. The molecule has 3 nitrogen and oxygen atoms in total. The van der Waals surface area contributed by atoms with Crippen LogP contribution in [0.1, 0.15) is 25.8 Å². The van der Waals surface area contributed by atoms with Crippen molar-refractivity contribution in [3.05, 3.63) is 35.9 Å². The number of aliphatic hydroxyl groups excluding tert-OH is 1. The summed E-state index contributed by atoms with van der Waals surface area (Å²) in [6.07, 6.45) is -7.36. The molecule has 1 aromatic carbocycles. The molecule has 0 saturated heterocycles. The van der Waals surface area contributed by atoms with Crippen molar-refractivity contribution in [1.29, 1.82) is 0 Å². The standard InChI is InChI=1S/C16H22F3NO2/c1-10(2)12(15(22)16(17,18)19)9-14(21)13(20)8-11-6-4-3-5-7-11/h3-7,10,12-13,15,22H,8-9,20H2,1-2H3/t12-,13-,15-/m0/s1. The molecule has 1 aromatic rings. The third-order valence-corrected chi connectivity index (χ3v) is 3.75. The van der Waals surface area contributed by atoms with Crippen LogP contribution in [0, 0.1) is 11.8 Å². The van der Waals surface area contributed by atoms with Crippen LogP contribution < -0.4 is 5.73 Å². The average Bonchev–Trinajstić information content (AvgIpc) is 2.43. The number of halogens is 3. The Bertz CT molecular complexity index is 474. The number of benzene rings is 1. The lowest BCUT2D eigenvalue weighted by molar-refractivity contribution is -0.224. The van der Waals surface area contributed by atoms with Gasteiger partial charge in [-0.05, 0) is 17.9 Å². The fourth-order valence-electron chi connectivity index (χ4n) is 2.32. The van der Waals surface area contributed by atoms with E-state index in [1.54, 1.807) is 38.1 Å². The molecule has 22 heavy (non-hydrogen) atoms. The van der Waals surface area contributed by atoms with E-state index >= 15 is 0 Å². The van der Waals surface area contributed by atoms with Crippen molar-refractivity contribution in [2.45, 2.75) is 45.0 Å². The minimum atomic E-state index is -4.74. The Balaban J connectivity index is 2.71. The molecule has 0 amide bonds. The molecule has 0 aliphatic carbocycles. The molecular formula is C16H22F3NO2. The van der Waals surface area contributed by atoms with Gasteiger partial charge in [0.15, 0.2) is 6.10 Å². The van der Waals surface area contributed by atoms with E-state index < -0.39 is 35.9 Å². The first-order chi connectivity index (χ1) is 10.1. The van der Waals surface area contributed by atoms with Crippen molar-refractivity contribution < 1.29 is 23.1 Å². The molecule has 0 saturated carbocycles. The monoisotopic (exact) mass is 317 g/mol. The molecule has 124 valence electrons. The SMILES string of the molecule is CC(C)[C@H](CC(=O)[C@@H](N)Cc1ccccc1)[C@H](O)C(F)(F)F. The molecule has 6 heteroatoms. The number of carbonyl (C=O) groups excluding carboxylic acids is 1. The Hall–Kier alpha value is -1.40. The second-order valence-corrected chi connectivity index (χ2v) is 5.86. The highest BCUT2D eigenvalue weighted by Gasteiger charge is 2.45. The smallest absolute Gasteiger partial charge is 0.383 e. The quantitative estimate of drug-likeness (QED) is 0.813. The molecule has 0 unspecified atom stereocenters. The second kappa shape index (κ2) is 7.74. The summed E-state index contributed by atoms with van der Waals surface area (Å²) in [6, 6.07) is 8.16. The highest BCUT2D eigenvalue weighted by molar-refractivity contribution is 5.84. The highest BCUT2D eigenvalue weighted by Crippen LogP contribution is 2.32. The largest absolute Gasteiger partial charge is 0.414 e. The number of hydrogen-bond acceptors (Lipinski definition) is 3. The van der Waals surface area contributed by atoms with Gasteiger partial charge in [-0.15, -0.1) is 0 Å². The third-order valence-electron chi connectivity index (χ3n) is 3.75. The van der Waals surface area contributed by atoms with Crippen LogP contribution in [0.4, 0.5) is 13.2 Å². The van der Waals surface area contributed by atoms with Gasteiger partial charge in [-0.2, -0.15) is 13.2 Å². The molecule has 0 aromatic heterocycles. The van der Waals surface area contributed by atoms with Crippen LogP contribution in [0.5, 0.6) is 0 Å². The van der Waals surface area contributed by atoms with E-state index in [0.29, 0.717) is 0 Å². The molecule has 0 aliphatic rings. The number of ketones is 1. The van der Waals surface area contributed by atoms with Gasteiger partial charge in [-0.25, -0.2) is 0 Å². The number of hydrogen-bond donors (Lipinski definition) is 2. The van der Waals surface area contributed by atoms with Crippen LogP contribution in [0.15, 0.2) is 30.3 Å². The van der Waals surface area contributed by atoms with Crippen molar-refractivity contribution in [1.82, 2.24) is 0 Å². The van der Waals surface area contributed by atoms with Gasteiger partial charge in [-0.3, -0.25) is 4.79 Å². The minimum Gasteiger partial charge on any atom is -0.383 e. The lowest BCUT2D eigenvalue weighted by Gasteiger charge is -2.28. The predicted molar refractivity (Wildman–Crippen MR) is 78.1 cm³/mol. The van der Waals surface area contributed by atoms with E-state index in [-0.39, 0.29) is 12.8 Å². The van der Waals surface area contributed by atoms with E-state index in [0.717, 1.165) is 5.56 Å². The molecule has 1 rings (SSSR count). The van der Waals surface area contributed by atoms with Gasteiger partial charge in [0.05, 0.1) is 6.04 Å². The molecule has 3 N–H and O–H groups in total. The summed E-state index contributed by atoms with van der Waals surface area (Å²) >= 11 is 0. The predicted octanol–water partition coefficient (Wildman–Crippen LogP) is 2.71. The molecule has 0 aliphatic heterocycles. The van der Waals surface area contributed by atoms with Crippen molar-refractivity contribution in [2.75, 3.05) is 0 Å². The maximum absolute atomic E-state index is 12.7. The summed E-state index contributed by atoms with van der Waals surface area (Å²) in [5, 5.41) is 9.42. The number of aliphatic hydroxyl groups is 1. The highest BCUT2D eigenvalue weighted by atomic mass is 19.4. The topological polar surface area (TPSA) is 63.3 Å². The Morgan fingerprint density at radius 3 is 2.23 bits per heavy atom. The number of alkyl halides is 3. The van der Waals surface area contributed by atoms with Gasteiger partial charge in [0, 0.05) is 12.3 Å². The van der Waals surface area contributed by atoms with E-state index in [2.05, 4.69) is 0 Å². The van der Waals surface area contributed by atoms with Crippen molar-refractivity contribution in [2.24, 2.45) is 17.6 Å². The van der Waals surface area contributed by atoms with Crippen LogP contribution >= 0.6 is 0 Å². The average molecular weight is 317 g/mol. The zero-order valence-corrected chi connectivity index (χ0v) is 12.7. The Morgan fingerprint density at radius 1 is 1.23 bits per heavy atom. The number of carbonyl (C=O) groups is 1. The van der Waals surface area contributed by atoms with Crippen molar-refractivity contribution >= 4 is 5.78 Å². The molecule has 0 heterocycles. The number of rotatable bonds is 7. The molecule has 3 atom stereocenters. The first kappa shape index (κ1) is 18.6. The number of Topliss-reactive ketones (excluding diaryl/α,β-unsaturated/α-hetero) is 1. The summed E-state index contributed by atoms with van der Waals surface area (Å²) in [5.41, 5.74) is 6.64. The molecule has 0 bridgehead atoms. The van der Waals surface area contributed by atoms with Crippen molar-refractivity contribution in [3.8, 4) is 0 Å². The fraction of sp³-hybridized carbons (Fsp3) is 0.562. The zero-order chi connectivity index (χ0) is 16.9. The maximum atomic E-state index is 12.7. The maximum Gasteiger partial charge on any atom is 0.414 e. The summed E-state index contributed by atoms with van der Waals surface area (Å²) < 4.78 is 38.0. The Kier molecular flexibility index (Phi) is 6.56. The van der Waals surface area contributed by atoms with E-state index in [4.69, 9.17) is 5.73 Å². The Morgan fingerprint density at radius 2 is 1.77 bits per heavy atom. The zero-order valence-electron chi connectivity index (χ0n) is 12.7. The summed E-state index contributed by atoms with van der Waals surface area (Å²) in [5.74, 6) is -2.13. The molecular weight excluding hydrogens is 295 g/mol. The summed E-state index contributed by atoms with van der Waals surface area (Å²) in [4.78, 5) is 12.1. The van der Waals surface area contributed by atoms with Crippen LogP contribution in [-0.4, -0.2) is 29.2 Å². The lowest BCUT2D eigenvalue weighted by Crippen LogP contribution is -2.42. The second-order valence-electron chi connectivity index (χ2n) is 5.86. The normalized spacial score (nSPS) is 16.4. The van der Waals surface area contributed by atoms with Crippen LogP contribution in [0.2, 0.25) is 0 Å². The van der Waals surface area contributed by atoms with Gasteiger partial charge in [-0.1, -0.05) is 44.2 Å². The van der Waals surface area contributed by atoms with Gasteiger partial charge < -0.3 is 10.8 Å². The summed E-state index contributed by atoms with van der Waals surface area (Å²) in [6.45, 7) is 3.10. The van der Waals surface area contributed by atoms with E-state index in [1.807, 2.05) is 6.07 Å². The van der Waals surface area contributed by atoms with E-state index in [1.165, 1.54) is 0 Å². The van der Waals surface area contributed by atoms with Crippen molar-refractivity contribution in [3.63, 3.8) is 0 Å². The summed E-state index contributed by atoms with van der Waals surface area (Å²) in [7, 11) is 0. The van der Waals surface area contributed by atoms with E-state index in [9.17, 15) is 23.1 Å². The van der Waals surface area contributed by atoms with Gasteiger partial charge in [0.25, 0.3) is 0 Å². The van der Waals surface area contributed by atoms with Gasteiger partial charge in [0.1, 0.15) is 5.78 Å². The molecule has 0 fully saturated rings. The lowest BCUT2D eigenvalue weighted by atomic mass is 9.83. The van der Waals surface area contributed by atoms with Gasteiger partial charge >= 0.3 is 6.18 Å².